The number of halogens is 4. The molecule has 12 heteroatoms. The minimum atomic E-state index is -4.59. The molecule has 1 aromatic carbocycles. The summed E-state index contributed by atoms with van der Waals surface area (Å²) in [5, 5.41) is 0. The topological polar surface area (TPSA) is 92.7 Å². The molecule has 0 bridgehead atoms. The van der Waals surface area contributed by atoms with E-state index in [9.17, 15) is 35.3 Å². The van der Waals surface area contributed by atoms with Gasteiger partial charge in [0, 0.05) is 5.75 Å². The Kier molecular flexibility index (Phi) is 7.37. The summed E-state index contributed by atoms with van der Waals surface area (Å²) in [5.41, 5.74) is -2.03. The largest absolute Gasteiger partial charge is 1.00 e. The van der Waals surface area contributed by atoms with Gasteiger partial charge in [-0.15, -0.1) is 0 Å². The quantitative estimate of drug-likeness (QED) is 0.194. The second-order valence-corrected chi connectivity index (χ2v) is 7.95. The van der Waals surface area contributed by atoms with Crippen LogP contribution in [-0.4, -0.2) is 31.8 Å². The van der Waals surface area contributed by atoms with Gasteiger partial charge in [-0.3, -0.25) is 4.79 Å². The van der Waals surface area contributed by atoms with Crippen LogP contribution in [0, 0.1) is 40.5 Å². The molecule has 1 aromatic rings. The Balaban J connectivity index is 0.00000364. The molecule has 2 atom stereocenters. The third-order valence-electron chi connectivity index (χ3n) is 4.56. The zero-order chi connectivity index (χ0) is 20.0. The van der Waals surface area contributed by atoms with Crippen LogP contribution >= 0.6 is 0 Å². The Bertz CT molecular complexity index is 829. The summed E-state index contributed by atoms with van der Waals surface area (Å²) in [7, 11) is -3.77. The summed E-state index contributed by atoms with van der Waals surface area (Å²) in [6.07, 6.45) is 0. The predicted octanol–water partition coefficient (Wildman–Crippen LogP) is -0.884. The van der Waals surface area contributed by atoms with Crippen molar-refractivity contribution < 1.29 is 74.4 Å². The molecule has 0 heterocycles. The van der Waals surface area contributed by atoms with Crippen molar-refractivity contribution in [3.63, 3.8) is 0 Å². The van der Waals surface area contributed by atoms with Gasteiger partial charge in [-0.1, -0.05) is 13.8 Å². The SMILES string of the molecule is COc1c(F)c(F)c(COC(=O)C2C(CS(=O)(=O)[O-])C2(C)C)c(F)c1F.[Na+]. The van der Waals surface area contributed by atoms with Crippen LogP contribution in [-0.2, 0) is 26.3 Å². The van der Waals surface area contributed by atoms with Gasteiger partial charge < -0.3 is 14.0 Å². The van der Waals surface area contributed by atoms with Gasteiger partial charge in [-0.25, -0.2) is 17.2 Å². The third-order valence-corrected chi connectivity index (χ3v) is 5.33. The molecular weight excluding hydrogens is 407 g/mol. The number of ether oxygens (including phenoxy) is 2. The zero-order valence-corrected chi connectivity index (χ0v) is 17.8. The molecule has 1 saturated carbocycles. The van der Waals surface area contributed by atoms with Crippen LogP contribution in [0.2, 0.25) is 0 Å². The number of carbonyl (C=O) groups excluding carboxylic acids is 1. The maximum Gasteiger partial charge on any atom is 1.00 e. The Morgan fingerprint density at radius 3 is 2.00 bits per heavy atom. The number of benzene rings is 1. The van der Waals surface area contributed by atoms with E-state index in [-0.39, 0.29) is 29.6 Å². The first-order valence-electron chi connectivity index (χ1n) is 7.32. The van der Waals surface area contributed by atoms with Gasteiger partial charge in [0.05, 0.1) is 28.7 Å². The number of hydrogen-bond donors (Lipinski definition) is 0. The first kappa shape index (κ1) is 24.2. The maximum absolute atomic E-state index is 13.8. The van der Waals surface area contributed by atoms with Crippen LogP contribution in [0.3, 0.4) is 0 Å². The second kappa shape index (κ2) is 8.24. The Morgan fingerprint density at radius 2 is 1.59 bits per heavy atom. The molecule has 1 aliphatic rings. The van der Waals surface area contributed by atoms with Crippen molar-refractivity contribution in [1.29, 1.82) is 0 Å². The van der Waals surface area contributed by atoms with Crippen molar-refractivity contribution in [1.82, 2.24) is 0 Å². The van der Waals surface area contributed by atoms with Crippen molar-refractivity contribution in [3.05, 3.63) is 28.8 Å². The Morgan fingerprint density at radius 1 is 1.11 bits per heavy atom. The number of hydrogen-bond acceptors (Lipinski definition) is 6. The molecular formula is C15H15F4NaO6S. The standard InChI is InChI=1S/C15H16F4O6S.Na/c1-15(2)7(5-26(21,22)23)8(15)14(20)25-4-6-9(16)11(18)13(24-3)12(19)10(6)17;/h7-8H,4-5H2,1-3H3,(H,21,22,23);/q;+1/p-1. The van der Waals surface area contributed by atoms with E-state index in [0.29, 0.717) is 0 Å². The molecule has 1 fully saturated rings. The van der Waals surface area contributed by atoms with Crippen molar-refractivity contribution in [2.24, 2.45) is 17.3 Å². The van der Waals surface area contributed by atoms with E-state index in [1.54, 1.807) is 0 Å². The fraction of sp³-hybridized carbons (Fsp3) is 0.533. The molecule has 0 radical (unpaired) electrons. The number of rotatable bonds is 6. The Labute approximate surface area is 175 Å². The first-order chi connectivity index (χ1) is 11.8. The van der Waals surface area contributed by atoms with Crippen molar-refractivity contribution in [3.8, 4) is 5.75 Å². The fourth-order valence-electron chi connectivity index (χ4n) is 2.94. The van der Waals surface area contributed by atoms with Crippen LogP contribution in [0.1, 0.15) is 19.4 Å². The van der Waals surface area contributed by atoms with Crippen molar-refractivity contribution in [2.75, 3.05) is 12.9 Å². The molecule has 2 rings (SSSR count). The number of methoxy groups -OCH3 is 1. The summed E-state index contributed by atoms with van der Waals surface area (Å²) in [6.45, 7) is 1.92. The fourth-order valence-corrected chi connectivity index (χ4v) is 4.00. The van der Waals surface area contributed by atoms with E-state index >= 15 is 0 Å². The van der Waals surface area contributed by atoms with Crippen LogP contribution in [0.15, 0.2) is 0 Å². The van der Waals surface area contributed by atoms with Crippen LogP contribution < -0.4 is 34.3 Å². The van der Waals surface area contributed by atoms with Crippen LogP contribution in [0.25, 0.3) is 0 Å². The van der Waals surface area contributed by atoms with Gasteiger partial charge in [0.1, 0.15) is 6.61 Å². The molecule has 27 heavy (non-hydrogen) atoms. The zero-order valence-electron chi connectivity index (χ0n) is 14.9. The summed E-state index contributed by atoms with van der Waals surface area (Å²) in [5.74, 6) is -12.0. The van der Waals surface area contributed by atoms with E-state index in [4.69, 9.17) is 0 Å². The van der Waals surface area contributed by atoms with E-state index < -0.39 is 80.3 Å². The monoisotopic (exact) mass is 422 g/mol. The van der Waals surface area contributed by atoms with E-state index in [1.807, 2.05) is 0 Å². The molecule has 146 valence electrons. The Hall–Kier alpha value is -0.880. The predicted molar refractivity (Wildman–Crippen MR) is 77.9 cm³/mol. The maximum atomic E-state index is 13.8. The average Bonchev–Trinajstić information content (AvgIpc) is 3.04. The molecule has 0 aromatic heterocycles. The average molecular weight is 422 g/mol. The van der Waals surface area contributed by atoms with Crippen molar-refractivity contribution >= 4 is 16.1 Å². The van der Waals surface area contributed by atoms with Gasteiger partial charge in [0.25, 0.3) is 0 Å². The molecule has 0 aliphatic heterocycles. The summed E-state index contributed by atoms with van der Waals surface area (Å²) in [4.78, 5) is 12.0. The van der Waals surface area contributed by atoms with Crippen LogP contribution in [0.4, 0.5) is 17.6 Å². The molecule has 1 aliphatic carbocycles. The van der Waals surface area contributed by atoms with Crippen LogP contribution in [0.5, 0.6) is 5.75 Å². The van der Waals surface area contributed by atoms with E-state index in [1.165, 1.54) is 13.8 Å². The number of esters is 1. The molecule has 0 spiro atoms. The van der Waals surface area contributed by atoms with Gasteiger partial charge in [0.15, 0.2) is 17.4 Å². The molecule has 0 N–H and O–H groups in total. The molecule has 0 amide bonds. The van der Waals surface area contributed by atoms with Gasteiger partial charge in [-0.2, -0.15) is 8.78 Å². The third kappa shape index (κ3) is 4.76. The summed E-state index contributed by atoms with van der Waals surface area (Å²) < 4.78 is 96.3. The van der Waals surface area contributed by atoms with E-state index in [2.05, 4.69) is 9.47 Å². The normalized spacial score (nSPS) is 20.6. The smallest absolute Gasteiger partial charge is 0.748 e. The van der Waals surface area contributed by atoms with Gasteiger partial charge in [-0.05, 0) is 11.3 Å². The first-order valence-corrected chi connectivity index (χ1v) is 8.89. The van der Waals surface area contributed by atoms with Gasteiger partial charge >= 0.3 is 35.5 Å². The summed E-state index contributed by atoms with van der Waals surface area (Å²) in [6, 6.07) is 0. The molecule has 2 unspecified atom stereocenters. The summed E-state index contributed by atoms with van der Waals surface area (Å²) >= 11 is 0. The number of carbonyl (C=O) groups is 1. The molecule has 0 saturated heterocycles. The minimum Gasteiger partial charge on any atom is -0.748 e. The minimum absolute atomic E-state index is 0. The van der Waals surface area contributed by atoms with Gasteiger partial charge in [0.2, 0.25) is 11.6 Å². The second-order valence-electron chi connectivity index (χ2n) is 6.51. The molecule has 6 nitrogen and oxygen atoms in total. The van der Waals surface area contributed by atoms with Crippen molar-refractivity contribution in [2.45, 2.75) is 20.5 Å². The van der Waals surface area contributed by atoms with E-state index in [0.717, 1.165) is 7.11 Å².